The lowest BCUT2D eigenvalue weighted by molar-refractivity contribution is 0.413. The Morgan fingerprint density at radius 3 is 2.82 bits per heavy atom. The first-order chi connectivity index (χ1) is 8.38. The van der Waals surface area contributed by atoms with Crippen molar-refractivity contribution in [2.75, 3.05) is 7.11 Å². The molecule has 1 aromatic carbocycles. The maximum Gasteiger partial charge on any atom is 0.140 e. The molecule has 0 aliphatic heterocycles. The third kappa shape index (κ3) is 1.65. The Kier molecular flexibility index (Phi) is 2.29. The van der Waals surface area contributed by atoms with Crippen LogP contribution >= 0.6 is 0 Å². The highest BCUT2D eigenvalue weighted by Crippen LogP contribution is 2.22. The number of fused-ring (bicyclic) bond motifs is 1. The van der Waals surface area contributed by atoms with E-state index >= 15 is 0 Å². The van der Waals surface area contributed by atoms with E-state index < -0.39 is 0 Å². The molecule has 0 N–H and O–H groups in total. The Hall–Kier alpha value is -2.29. The van der Waals surface area contributed by atoms with Crippen LogP contribution in [-0.2, 0) is 0 Å². The molecular weight excluding hydrogens is 212 g/mol. The van der Waals surface area contributed by atoms with Crippen molar-refractivity contribution < 1.29 is 4.74 Å². The zero-order valence-corrected chi connectivity index (χ0v) is 9.42. The van der Waals surface area contributed by atoms with E-state index in [0.29, 0.717) is 5.75 Å². The molecular formula is C14H11N2O. The van der Waals surface area contributed by atoms with Crippen molar-refractivity contribution >= 4 is 5.65 Å². The second kappa shape index (κ2) is 3.94. The van der Waals surface area contributed by atoms with Crippen LogP contribution < -0.4 is 4.74 Å². The van der Waals surface area contributed by atoms with Gasteiger partial charge >= 0.3 is 0 Å². The molecule has 0 amide bonds. The molecule has 3 aromatic rings. The molecule has 3 rings (SSSR count). The van der Waals surface area contributed by atoms with Gasteiger partial charge < -0.3 is 4.74 Å². The van der Waals surface area contributed by atoms with Crippen LogP contribution in [0.4, 0.5) is 0 Å². The molecule has 83 valence electrons. The summed E-state index contributed by atoms with van der Waals surface area (Å²) in [6, 6.07) is 15.1. The normalized spacial score (nSPS) is 10.6. The van der Waals surface area contributed by atoms with E-state index in [-0.39, 0.29) is 0 Å². The van der Waals surface area contributed by atoms with Gasteiger partial charge in [-0.1, -0.05) is 30.3 Å². The van der Waals surface area contributed by atoms with E-state index in [0.717, 1.165) is 16.9 Å². The van der Waals surface area contributed by atoms with Gasteiger partial charge in [0.15, 0.2) is 0 Å². The number of hydrogen-bond donors (Lipinski definition) is 0. The van der Waals surface area contributed by atoms with Gasteiger partial charge in [0.25, 0.3) is 0 Å². The molecule has 0 unspecified atom stereocenters. The number of nitrogens with zero attached hydrogens (tertiary/aromatic N) is 2. The molecule has 3 nitrogen and oxygen atoms in total. The topological polar surface area (TPSA) is 26.5 Å². The SMILES string of the molecule is COc1[c]cn2c(-c3ccccc3)cnc2c1. The van der Waals surface area contributed by atoms with Crippen LogP contribution in [0.2, 0.25) is 0 Å². The lowest BCUT2D eigenvalue weighted by Gasteiger charge is -2.03. The fourth-order valence-corrected chi connectivity index (χ4v) is 1.85. The van der Waals surface area contributed by atoms with E-state index in [1.807, 2.05) is 41.1 Å². The largest absolute Gasteiger partial charge is 0.496 e. The summed E-state index contributed by atoms with van der Waals surface area (Å²) in [7, 11) is 1.63. The van der Waals surface area contributed by atoms with Crippen molar-refractivity contribution in [2.45, 2.75) is 0 Å². The van der Waals surface area contributed by atoms with Crippen molar-refractivity contribution in [1.82, 2.24) is 9.38 Å². The van der Waals surface area contributed by atoms with E-state index in [1.165, 1.54) is 0 Å². The average molecular weight is 223 g/mol. The lowest BCUT2D eigenvalue weighted by atomic mass is 10.2. The summed E-state index contributed by atoms with van der Waals surface area (Å²) in [4.78, 5) is 4.37. The minimum Gasteiger partial charge on any atom is -0.496 e. The Labute approximate surface area is 99.3 Å². The third-order valence-electron chi connectivity index (χ3n) is 2.71. The highest BCUT2D eigenvalue weighted by Gasteiger charge is 2.05. The van der Waals surface area contributed by atoms with E-state index in [9.17, 15) is 0 Å². The number of aromatic nitrogens is 2. The number of ether oxygens (including phenoxy) is 1. The lowest BCUT2D eigenvalue weighted by Crippen LogP contribution is -1.90. The van der Waals surface area contributed by atoms with Gasteiger partial charge in [-0.25, -0.2) is 4.98 Å². The molecule has 0 spiro atoms. The predicted molar refractivity (Wildman–Crippen MR) is 66.0 cm³/mol. The quantitative estimate of drug-likeness (QED) is 0.667. The fourth-order valence-electron chi connectivity index (χ4n) is 1.85. The molecule has 0 aliphatic carbocycles. The predicted octanol–water partition coefficient (Wildman–Crippen LogP) is 2.81. The van der Waals surface area contributed by atoms with Crippen molar-refractivity contribution in [2.24, 2.45) is 0 Å². The highest BCUT2D eigenvalue weighted by atomic mass is 16.5. The second-order valence-electron chi connectivity index (χ2n) is 3.72. The zero-order chi connectivity index (χ0) is 11.7. The van der Waals surface area contributed by atoms with Crippen LogP contribution in [-0.4, -0.2) is 16.5 Å². The molecule has 2 heterocycles. The summed E-state index contributed by atoms with van der Waals surface area (Å²) < 4.78 is 7.13. The first kappa shape index (κ1) is 9.90. The smallest absolute Gasteiger partial charge is 0.140 e. The molecule has 0 atom stereocenters. The average Bonchev–Trinajstić information content (AvgIpc) is 2.82. The van der Waals surface area contributed by atoms with Gasteiger partial charge in [0.2, 0.25) is 0 Å². The first-order valence-corrected chi connectivity index (χ1v) is 5.36. The van der Waals surface area contributed by atoms with Gasteiger partial charge in [0.1, 0.15) is 11.4 Å². The second-order valence-corrected chi connectivity index (χ2v) is 3.72. The molecule has 0 bridgehead atoms. The molecule has 17 heavy (non-hydrogen) atoms. The molecule has 0 saturated carbocycles. The van der Waals surface area contributed by atoms with Gasteiger partial charge in [-0.2, -0.15) is 0 Å². The molecule has 2 aromatic heterocycles. The number of hydrogen-bond acceptors (Lipinski definition) is 2. The van der Waals surface area contributed by atoms with Gasteiger partial charge in [-0.3, -0.25) is 4.40 Å². The number of methoxy groups -OCH3 is 1. The molecule has 0 aliphatic rings. The number of pyridine rings is 1. The van der Waals surface area contributed by atoms with Gasteiger partial charge in [-0.05, 0) is 0 Å². The molecule has 1 radical (unpaired) electrons. The maximum absolute atomic E-state index is 5.13. The monoisotopic (exact) mass is 223 g/mol. The van der Waals surface area contributed by atoms with Crippen LogP contribution in [0.5, 0.6) is 5.75 Å². The minimum atomic E-state index is 0.697. The Morgan fingerprint density at radius 2 is 2.06 bits per heavy atom. The van der Waals surface area contributed by atoms with Crippen molar-refractivity contribution in [3.8, 4) is 17.0 Å². The Bertz CT molecular complexity index is 644. The zero-order valence-electron chi connectivity index (χ0n) is 9.42. The van der Waals surface area contributed by atoms with E-state index in [2.05, 4.69) is 23.2 Å². The van der Waals surface area contributed by atoms with Crippen molar-refractivity contribution in [1.29, 1.82) is 0 Å². The minimum absolute atomic E-state index is 0.697. The maximum atomic E-state index is 5.13. The van der Waals surface area contributed by atoms with Gasteiger partial charge in [-0.15, -0.1) is 0 Å². The van der Waals surface area contributed by atoms with Crippen molar-refractivity contribution in [3.05, 3.63) is 54.9 Å². The number of imidazole rings is 1. The van der Waals surface area contributed by atoms with Crippen LogP contribution in [0.25, 0.3) is 16.9 Å². The summed E-state index contributed by atoms with van der Waals surface area (Å²) in [6.45, 7) is 0. The molecule has 0 fully saturated rings. The summed E-state index contributed by atoms with van der Waals surface area (Å²) in [5, 5.41) is 0. The fraction of sp³-hybridized carbons (Fsp3) is 0.0714. The standard InChI is InChI=1S/C14H11N2O/c1-17-12-7-8-16-13(10-15-14(16)9-12)11-5-3-2-4-6-11/h2-6,8-10H,1H3. The number of rotatable bonds is 2. The molecule has 0 saturated heterocycles. The Balaban J connectivity index is 2.19. The van der Waals surface area contributed by atoms with Crippen LogP contribution in [0.15, 0.2) is 48.8 Å². The van der Waals surface area contributed by atoms with E-state index in [4.69, 9.17) is 4.74 Å². The van der Waals surface area contributed by atoms with Crippen LogP contribution in [0, 0.1) is 6.07 Å². The summed E-state index contributed by atoms with van der Waals surface area (Å²) in [6.07, 6.45) is 3.71. The first-order valence-electron chi connectivity index (χ1n) is 5.36. The Morgan fingerprint density at radius 1 is 1.24 bits per heavy atom. The van der Waals surface area contributed by atoms with Crippen LogP contribution in [0.1, 0.15) is 0 Å². The summed E-state index contributed by atoms with van der Waals surface area (Å²) >= 11 is 0. The van der Waals surface area contributed by atoms with Crippen molar-refractivity contribution in [3.63, 3.8) is 0 Å². The van der Waals surface area contributed by atoms with E-state index in [1.54, 1.807) is 7.11 Å². The van der Waals surface area contributed by atoms with Gasteiger partial charge in [0.05, 0.1) is 19.0 Å². The highest BCUT2D eigenvalue weighted by molar-refractivity contribution is 5.64. The van der Waals surface area contributed by atoms with Crippen LogP contribution in [0.3, 0.4) is 0 Å². The summed E-state index contributed by atoms with van der Waals surface area (Å²) in [5.74, 6) is 0.697. The third-order valence-corrected chi connectivity index (χ3v) is 2.71. The number of benzene rings is 1. The molecule has 3 heteroatoms. The summed E-state index contributed by atoms with van der Waals surface area (Å²) in [5.41, 5.74) is 3.05. The van der Waals surface area contributed by atoms with Gasteiger partial charge in [0, 0.05) is 23.9 Å².